The van der Waals surface area contributed by atoms with Crippen LogP contribution in [-0.2, 0) is 6.54 Å². The topological polar surface area (TPSA) is 34.9 Å². The summed E-state index contributed by atoms with van der Waals surface area (Å²) in [5, 5.41) is 4.55. The van der Waals surface area contributed by atoms with Crippen molar-refractivity contribution >= 4 is 33.3 Å². The number of carbonyl (C=O) groups is 1. The van der Waals surface area contributed by atoms with Crippen molar-refractivity contribution in [3.63, 3.8) is 0 Å². The van der Waals surface area contributed by atoms with E-state index in [4.69, 9.17) is 11.6 Å². The van der Waals surface area contributed by atoms with Gasteiger partial charge in [-0.05, 0) is 25.5 Å². The molecule has 0 N–H and O–H groups in total. The van der Waals surface area contributed by atoms with E-state index in [0.29, 0.717) is 22.8 Å². The van der Waals surface area contributed by atoms with Crippen LogP contribution in [0.15, 0.2) is 28.9 Å². The van der Waals surface area contributed by atoms with Crippen molar-refractivity contribution in [3.05, 3.63) is 50.7 Å². The summed E-state index contributed by atoms with van der Waals surface area (Å²) in [6.45, 7) is 4.66. The van der Waals surface area contributed by atoms with Gasteiger partial charge in [-0.15, -0.1) is 0 Å². The summed E-state index contributed by atoms with van der Waals surface area (Å²) in [5.41, 5.74) is 2.10. The van der Waals surface area contributed by atoms with Crippen LogP contribution in [0.25, 0.3) is 0 Å². The molecular formula is C14H14BrClN2O. The second-order valence-electron chi connectivity index (χ2n) is 4.38. The number of aryl methyl sites for hydroxylation is 2. The lowest BCUT2D eigenvalue weighted by Crippen LogP contribution is -2.12. The molecule has 0 radical (unpaired) electrons. The van der Waals surface area contributed by atoms with Gasteiger partial charge in [-0.25, -0.2) is 0 Å². The summed E-state index contributed by atoms with van der Waals surface area (Å²) in [6.07, 6.45) is 2.42. The van der Waals surface area contributed by atoms with Gasteiger partial charge in [0.05, 0.1) is 11.2 Å². The van der Waals surface area contributed by atoms with Gasteiger partial charge in [-0.3, -0.25) is 9.48 Å². The summed E-state index contributed by atoms with van der Waals surface area (Å²) in [4.78, 5) is 12.6. The Balaban J connectivity index is 2.49. The van der Waals surface area contributed by atoms with Crippen molar-refractivity contribution in [2.45, 2.75) is 26.8 Å². The van der Waals surface area contributed by atoms with Gasteiger partial charge in [-0.2, -0.15) is 5.10 Å². The zero-order valence-electron chi connectivity index (χ0n) is 10.8. The molecule has 0 aliphatic heterocycles. The van der Waals surface area contributed by atoms with E-state index in [0.717, 1.165) is 16.5 Å². The zero-order chi connectivity index (χ0) is 14.0. The Bertz CT molecular complexity index is 622. The summed E-state index contributed by atoms with van der Waals surface area (Å²) < 4.78 is 2.43. The summed E-state index contributed by atoms with van der Waals surface area (Å²) in [5.74, 6) is -0.105. The minimum absolute atomic E-state index is 0.105. The third kappa shape index (κ3) is 2.90. The number of rotatable bonds is 4. The van der Waals surface area contributed by atoms with Crippen molar-refractivity contribution in [2.24, 2.45) is 0 Å². The SMILES string of the molecule is CCCn1ncc(Cl)c1C(=O)c1cc(C)ccc1Br. The van der Waals surface area contributed by atoms with Gasteiger partial charge in [0.15, 0.2) is 0 Å². The van der Waals surface area contributed by atoms with Gasteiger partial charge >= 0.3 is 0 Å². The average molecular weight is 342 g/mol. The molecule has 1 heterocycles. The molecule has 0 bridgehead atoms. The molecule has 3 nitrogen and oxygen atoms in total. The molecule has 0 aliphatic carbocycles. The van der Waals surface area contributed by atoms with Crippen LogP contribution < -0.4 is 0 Å². The van der Waals surface area contributed by atoms with E-state index in [9.17, 15) is 4.79 Å². The Morgan fingerprint density at radius 3 is 2.89 bits per heavy atom. The van der Waals surface area contributed by atoms with E-state index >= 15 is 0 Å². The maximum Gasteiger partial charge on any atom is 0.213 e. The Labute approximate surface area is 125 Å². The quantitative estimate of drug-likeness (QED) is 0.779. The molecule has 0 amide bonds. The third-order valence-electron chi connectivity index (χ3n) is 2.81. The third-order valence-corrected chi connectivity index (χ3v) is 3.78. The molecule has 1 aromatic heterocycles. The molecule has 19 heavy (non-hydrogen) atoms. The second-order valence-corrected chi connectivity index (χ2v) is 5.64. The van der Waals surface area contributed by atoms with Crippen molar-refractivity contribution in [1.29, 1.82) is 0 Å². The molecule has 0 saturated carbocycles. The smallest absolute Gasteiger partial charge is 0.213 e. The maximum absolute atomic E-state index is 12.6. The average Bonchev–Trinajstić information content (AvgIpc) is 2.73. The molecule has 100 valence electrons. The lowest BCUT2D eigenvalue weighted by molar-refractivity contribution is 0.102. The molecule has 0 fully saturated rings. The summed E-state index contributed by atoms with van der Waals surface area (Å²) in [7, 11) is 0. The van der Waals surface area contributed by atoms with Gasteiger partial charge in [0.25, 0.3) is 0 Å². The van der Waals surface area contributed by atoms with E-state index in [1.54, 1.807) is 4.68 Å². The summed E-state index contributed by atoms with van der Waals surface area (Å²) in [6, 6.07) is 5.68. The van der Waals surface area contributed by atoms with Crippen LogP contribution in [0, 0.1) is 6.92 Å². The van der Waals surface area contributed by atoms with Crippen LogP contribution >= 0.6 is 27.5 Å². The van der Waals surface area contributed by atoms with Crippen molar-refractivity contribution in [3.8, 4) is 0 Å². The number of nitrogens with zero attached hydrogens (tertiary/aromatic N) is 2. The maximum atomic E-state index is 12.6. The molecule has 2 rings (SSSR count). The highest BCUT2D eigenvalue weighted by Crippen LogP contribution is 2.25. The molecule has 1 aromatic carbocycles. The normalized spacial score (nSPS) is 10.7. The van der Waals surface area contributed by atoms with Crippen LogP contribution in [0.3, 0.4) is 0 Å². The lowest BCUT2D eigenvalue weighted by atomic mass is 10.1. The predicted octanol–water partition coefficient (Wildman–Crippen LogP) is 4.25. The van der Waals surface area contributed by atoms with Gasteiger partial charge in [0.1, 0.15) is 5.69 Å². The molecule has 2 aromatic rings. The highest BCUT2D eigenvalue weighted by molar-refractivity contribution is 9.10. The Morgan fingerprint density at radius 1 is 1.47 bits per heavy atom. The molecule has 0 aliphatic rings. The highest BCUT2D eigenvalue weighted by atomic mass is 79.9. The van der Waals surface area contributed by atoms with Crippen LogP contribution in [0.5, 0.6) is 0 Å². The van der Waals surface area contributed by atoms with Crippen molar-refractivity contribution in [2.75, 3.05) is 0 Å². The van der Waals surface area contributed by atoms with E-state index < -0.39 is 0 Å². The lowest BCUT2D eigenvalue weighted by Gasteiger charge is -2.08. The second kappa shape index (κ2) is 5.88. The monoisotopic (exact) mass is 340 g/mol. The first-order chi connectivity index (χ1) is 9.04. The number of hydrogen-bond acceptors (Lipinski definition) is 2. The first-order valence-corrected chi connectivity index (χ1v) is 7.23. The fraction of sp³-hybridized carbons (Fsp3) is 0.286. The van der Waals surface area contributed by atoms with Gasteiger partial charge in [0.2, 0.25) is 5.78 Å². The predicted molar refractivity (Wildman–Crippen MR) is 79.8 cm³/mol. The standard InChI is InChI=1S/C14H14BrClN2O/c1-3-6-18-13(12(16)8-17-18)14(19)10-7-9(2)4-5-11(10)15/h4-5,7-8H,3,6H2,1-2H3. The van der Waals surface area contributed by atoms with Crippen LogP contribution in [0.4, 0.5) is 0 Å². The van der Waals surface area contributed by atoms with Gasteiger partial charge < -0.3 is 0 Å². The zero-order valence-corrected chi connectivity index (χ0v) is 13.1. The van der Waals surface area contributed by atoms with Crippen molar-refractivity contribution < 1.29 is 4.79 Å². The highest BCUT2D eigenvalue weighted by Gasteiger charge is 2.20. The first kappa shape index (κ1) is 14.3. The number of carbonyl (C=O) groups excluding carboxylic acids is 1. The number of halogens is 2. The van der Waals surface area contributed by atoms with E-state index in [-0.39, 0.29) is 5.78 Å². The minimum Gasteiger partial charge on any atom is -0.287 e. The Kier molecular flexibility index (Phi) is 4.42. The molecule has 5 heteroatoms. The number of hydrogen-bond donors (Lipinski definition) is 0. The molecule has 0 unspecified atom stereocenters. The molecule has 0 saturated heterocycles. The molecule has 0 spiro atoms. The van der Waals surface area contributed by atoms with Gasteiger partial charge in [-0.1, -0.05) is 46.1 Å². The minimum atomic E-state index is -0.105. The molecule has 0 atom stereocenters. The number of benzene rings is 1. The van der Waals surface area contributed by atoms with Crippen LogP contribution in [0.2, 0.25) is 5.02 Å². The molecular weight excluding hydrogens is 328 g/mol. The largest absolute Gasteiger partial charge is 0.287 e. The van der Waals surface area contributed by atoms with E-state index in [1.807, 2.05) is 32.0 Å². The first-order valence-electron chi connectivity index (χ1n) is 6.06. The summed E-state index contributed by atoms with van der Waals surface area (Å²) >= 11 is 9.51. The fourth-order valence-electron chi connectivity index (χ4n) is 1.91. The fourth-order valence-corrected chi connectivity index (χ4v) is 2.56. The number of ketones is 1. The Hall–Kier alpha value is -1.13. The van der Waals surface area contributed by atoms with Gasteiger partial charge in [0, 0.05) is 16.6 Å². The van der Waals surface area contributed by atoms with E-state index in [2.05, 4.69) is 21.0 Å². The van der Waals surface area contributed by atoms with Crippen LogP contribution in [-0.4, -0.2) is 15.6 Å². The van der Waals surface area contributed by atoms with Crippen LogP contribution in [0.1, 0.15) is 35.0 Å². The Morgan fingerprint density at radius 2 is 2.21 bits per heavy atom. The van der Waals surface area contributed by atoms with Crippen molar-refractivity contribution in [1.82, 2.24) is 9.78 Å². The number of aromatic nitrogens is 2. The van der Waals surface area contributed by atoms with E-state index in [1.165, 1.54) is 6.20 Å².